The molecule has 1 heterocycles. The maximum absolute atomic E-state index is 12.0. The first kappa shape index (κ1) is 17.1. The van der Waals surface area contributed by atoms with Gasteiger partial charge in [0.15, 0.2) is 5.75 Å². The highest BCUT2D eigenvalue weighted by Gasteiger charge is 2.28. The van der Waals surface area contributed by atoms with Crippen molar-refractivity contribution in [3.8, 4) is 5.75 Å². The summed E-state index contributed by atoms with van der Waals surface area (Å²) in [5.74, 6) is -0.0458. The summed E-state index contributed by atoms with van der Waals surface area (Å²) in [4.78, 5) is 14.4. The first-order valence-electron chi connectivity index (χ1n) is 8.74. The van der Waals surface area contributed by atoms with Crippen molar-refractivity contribution in [3.63, 3.8) is 0 Å². The number of hydrogen-bond acceptors (Lipinski definition) is 3. The lowest BCUT2D eigenvalue weighted by molar-refractivity contribution is 0.245. The molecule has 4 nitrogen and oxygen atoms in total. The van der Waals surface area contributed by atoms with Crippen molar-refractivity contribution < 1.29 is 5.11 Å². The first-order chi connectivity index (χ1) is 10.6. The molecule has 1 aliphatic rings. The van der Waals surface area contributed by atoms with Crippen molar-refractivity contribution in [3.05, 3.63) is 27.7 Å². The average molecular weight is 306 g/mol. The molecule has 0 aromatic carbocycles. The van der Waals surface area contributed by atoms with Gasteiger partial charge in [0.05, 0.1) is 5.69 Å². The van der Waals surface area contributed by atoms with E-state index in [9.17, 15) is 9.90 Å². The molecule has 0 unspecified atom stereocenters. The van der Waals surface area contributed by atoms with E-state index in [4.69, 9.17) is 0 Å². The molecule has 4 heteroatoms. The Labute approximate surface area is 133 Å². The second-order valence-electron chi connectivity index (χ2n) is 6.53. The number of aromatic nitrogens is 1. The van der Waals surface area contributed by atoms with Crippen LogP contribution in [0.3, 0.4) is 0 Å². The van der Waals surface area contributed by atoms with Crippen molar-refractivity contribution >= 4 is 0 Å². The second kappa shape index (κ2) is 7.82. The Bertz CT molecular complexity index is 539. The van der Waals surface area contributed by atoms with Gasteiger partial charge in [-0.15, -0.1) is 0 Å². The average Bonchev–Trinajstić information content (AvgIpc) is 3.31. The van der Waals surface area contributed by atoms with Crippen molar-refractivity contribution in [1.82, 2.24) is 9.47 Å². The third-order valence-electron chi connectivity index (χ3n) is 4.46. The Kier molecular flexibility index (Phi) is 6.07. The lowest BCUT2D eigenvalue weighted by Crippen LogP contribution is -2.29. The van der Waals surface area contributed by atoms with Crippen LogP contribution in [0.15, 0.2) is 10.9 Å². The van der Waals surface area contributed by atoms with E-state index in [2.05, 4.69) is 23.3 Å². The molecule has 1 fully saturated rings. The molecule has 0 spiro atoms. The number of rotatable bonds is 9. The molecule has 1 N–H and O–H groups in total. The van der Waals surface area contributed by atoms with Gasteiger partial charge in [0.25, 0.3) is 0 Å². The number of nitrogens with zero attached hydrogens (tertiary/aromatic N) is 2. The van der Waals surface area contributed by atoms with Crippen LogP contribution in [-0.2, 0) is 6.54 Å². The fraction of sp³-hybridized carbons (Fsp3) is 0.722. The van der Waals surface area contributed by atoms with E-state index in [1.807, 2.05) is 6.92 Å². The molecular weight excluding hydrogens is 276 g/mol. The molecule has 0 saturated heterocycles. The third-order valence-corrected chi connectivity index (χ3v) is 4.46. The van der Waals surface area contributed by atoms with Crippen LogP contribution in [-0.4, -0.2) is 27.7 Å². The van der Waals surface area contributed by atoms with Gasteiger partial charge in [-0.05, 0) is 45.7 Å². The summed E-state index contributed by atoms with van der Waals surface area (Å²) in [6, 6.07) is 2.04. The van der Waals surface area contributed by atoms with Gasteiger partial charge >= 0.3 is 0 Å². The molecule has 1 aromatic rings. The third kappa shape index (κ3) is 4.13. The van der Waals surface area contributed by atoms with Crippen LogP contribution in [0.4, 0.5) is 0 Å². The molecule has 124 valence electrons. The van der Waals surface area contributed by atoms with E-state index in [1.165, 1.54) is 0 Å². The Morgan fingerprint density at radius 2 is 1.82 bits per heavy atom. The molecule has 22 heavy (non-hydrogen) atoms. The highest BCUT2D eigenvalue weighted by Crippen LogP contribution is 2.38. The maximum atomic E-state index is 12.0. The van der Waals surface area contributed by atoms with Crippen LogP contribution in [0.1, 0.15) is 69.8 Å². The summed E-state index contributed by atoms with van der Waals surface area (Å²) in [7, 11) is 0. The smallest absolute Gasteiger partial charge is 0.223 e. The molecule has 0 radical (unpaired) electrons. The SMILES string of the molecule is CCCCN(CCCC)Cc1c(O)c(=O)cc(C)n1C1CC1. The van der Waals surface area contributed by atoms with Gasteiger partial charge in [-0.1, -0.05) is 26.7 Å². The highest BCUT2D eigenvalue weighted by molar-refractivity contribution is 5.31. The van der Waals surface area contributed by atoms with Crippen LogP contribution < -0.4 is 5.43 Å². The molecule has 2 rings (SSSR count). The normalized spacial score (nSPS) is 14.7. The zero-order valence-electron chi connectivity index (χ0n) is 14.3. The van der Waals surface area contributed by atoms with Crippen LogP contribution in [0, 0.1) is 6.92 Å². The fourth-order valence-corrected chi connectivity index (χ4v) is 3.03. The predicted molar refractivity (Wildman–Crippen MR) is 90.5 cm³/mol. The molecule has 0 atom stereocenters. The van der Waals surface area contributed by atoms with E-state index in [0.29, 0.717) is 12.6 Å². The maximum Gasteiger partial charge on any atom is 0.223 e. The van der Waals surface area contributed by atoms with Crippen LogP contribution in [0.25, 0.3) is 0 Å². The fourth-order valence-electron chi connectivity index (χ4n) is 3.03. The van der Waals surface area contributed by atoms with E-state index >= 15 is 0 Å². The van der Waals surface area contributed by atoms with Crippen LogP contribution >= 0.6 is 0 Å². The van der Waals surface area contributed by atoms with Gasteiger partial charge in [-0.2, -0.15) is 0 Å². The second-order valence-corrected chi connectivity index (χ2v) is 6.53. The van der Waals surface area contributed by atoms with Gasteiger partial charge in [-0.25, -0.2) is 0 Å². The minimum absolute atomic E-state index is 0.0458. The quantitative estimate of drug-likeness (QED) is 0.758. The van der Waals surface area contributed by atoms with Crippen LogP contribution in [0.5, 0.6) is 5.75 Å². The Balaban J connectivity index is 2.26. The summed E-state index contributed by atoms with van der Waals surface area (Å²) >= 11 is 0. The van der Waals surface area contributed by atoms with E-state index in [1.54, 1.807) is 6.07 Å². The number of aryl methyl sites for hydroxylation is 1. The molecule has 0 bridgehead atoms. The number of pyridine rings is 1. The van der Waals surface area contributed by atoms with Gasteiger partial charge < -0.3 is 9.67 Å². The molecule has 0 aliphatic heterocycles. The number of unbranched alkanes of at least 4 members (excludes halogenated alkanes) is 2. The molecular formula is C18H30N2O2. The predicted octanol–water partition coefficient (Wildman–Crippen LogP) is 3.60. The molecule has 1 aliphatic carbocycles. The minimum Gasteiger partial charge on any atom is -0.503 e. The van der Waals surface area contributed by atoms with E-state index in [-0.39, 0.29) is 11.2 Å². The Morgan fingerprint density at radius 1 is 1.23 bits per heavy atom. The van der Waals surface area contributed by atoms with Crippen molar-refractivity contribution in [2.75, 3.05) is 13.1 Å². The van der Waals surface area contributed by atoms with Crippen molar-refractivity contribution in [2.45, 2.75) is 71.9 Å². The lowest BCUT2D eigenvalue weighted by Gasteiger charge is -2.25. The molecule has 0 amide bonds. The molecule has 1 aromatic heterocycles. The van der Waals surface area contributed by atoms with Gasteiger partial charge in [0.1, 0.15) is 0 Å². The molecule has 1 saturated carbocycles. The minimum atomic E-state index is -0.240. The van der Waals surface area contributed by atoms with Gasteiger partial charge in [0.2, 0.25) is 5.43 Å². The first-order valence-corrected chi connectivity index (χ1v) is 8.74. The summed E-state index contributed by atoms with van der Waals surface area (Å²) in [5, 5.41) is 10.3. The Hall–Kier alpha value is -1.29. The summed E-state index contributed by atoms with van der Waals surface area (Å²) in [5.41, 5.74) is 1.56. The van der Waals surface area contributed by atoms with Crippen molar-refractivity contribution in [2.24, 2.45) is 0 Å². The highest BCUT2D eigenvalue weighted by atomic mass is 16.3. The van der Waals surface area contributed by atoms with Gasteiger partial charge in [-0.3, -0.25) is 9.69 Å². The largest absolute Gasteiger partial charge is 0.503 e. The lowest BCUT2D eigenvalue weighted by atomic mass is 10.2. The van der Waals surface area contributed by atoms with E-state index in [0.717, 1.165) is 63.0 Å². The number of hydrogen-bond donors (Lipinski definition) is 1. The van der Waals surface area contributed by atoms with Gasteiger partial charge in [0, 0.05) is 24.3 Å². The number of aromatic hydroxyl groups is 1. The summed E-state index contributed by atoms with van der Waals surface area (Å²) < 4.78 is 2.20. The van der Waals surface area contributed by atoms with Crippen molar-refractivity contribution in [1.29, 1.82) is 0 Å². The van der Waals surface area contributed by atoms with E-state index < -0.39 is 0 Å². The Morgan fingerprint density at radius 3 is 2.32 bits per heavy atom. The van der Waals surface area contributed by atoms with Crippen LogP contribution in [0.2, 0.25) is 0 Å². The zero-order valence-corrected chi connectivity index (χ0v) is 14.3. The standard InChI is InChI=1S/C18H30N2O2/c1-4-6-10-19(11-7-5-2)13-16-18(22)17(21)12-14(3)20(16)15-8-9-15/h12,15,22H,4-11,13H2,1-3H3. The monoisotopic (exact) mass is 306 g/mol. The summed E-state index contributed by atoms with van der Waals surface area (Å²) in [6.45, 7) is 9.11. The summed E-state index contributed by atoms with van der Waals surface area (Å²) in [6.07, 6.45) is 6.95. The zero-order chi connectivity index (χ0) is 16.1. The topological polar surface area (TPSA) is 45.5 Å².